The maximum atomic E-state index is 12.4. The van der Waals surface area contributed by atoms with Crippen LogP contribution in [0, 0.1) is 0 Å². The molecule has 1 N–H and O–H groups in total. The van der Waals surface area contributed by atoms with E-state index in [1.165, 1.54) is 5.56 Å². The summed E-state index contributed by atoms with van der Waals surface area (Å²) < 4.78 is 0. The SMILES string of the molecule is CCc1ccncc1-c1cc2cc(Nc3cc(C(=O)N(C)CC)ccn3)ncc2cn1. The molecule has 0 spiro atoms. The normalized spacial score (nSPS) is 10.8. The van der Waals surface area contributed by atoms with Crippen LogP contribution in [0.3, 0.4) is 0 Å². The van der Waals surface area contributed by atoms with E-state index < -0.39 is 0 Å². The maximum Gasteiger partial charge on any atom is 0.253 e. The van der Waals surface area contributed by atoms with E-state index in [2.05, 4.69) is 32.2 Å². The molecule has 0 bridgehead atoms. The highest BCUT2D eigenvalue weighted by molar-refractivity contribution is 5.95. The van der Waals surface area contributed by atoms with Gasteiger partial charge in [0.15, 0.2) is 0 Å². The third-order valence-electron chi connectivity index (χ3n) is 5.26. The number of nitrogens with zero attached hydrogens (tertiary/aromatic N) is 5. The van der Waals surface area contributed by atoms with Crippen LogP contribution in [0.4, 0.5) is 11.6 Å². The predicted molar refractivity (Wildman–Crippen MR) is 122 cm³/mol. The molecule has 0 aliphatic heterocycles. The molecule has 0 fully saturated rings. The third-order valence-corrected chi connectivity index (χ3v) is 5.26. The molecular formula is C24H24N6O. The molecule has 4 aromatic heterocycles. The summed E-state index contributed by atoms with van der Waals surface area (Å²) in [4.78, 5) is 31.7. The van der Waals surface area contributed by atoms with Gasteiger partial charge in [0.25, 0.3) is 5.91 Å². The summed E-state index contributed by atoms with van der Waals surface area (Å²) in [6.45, 7) is 4.70. The van der Waals surface area contributed by atoms with Crippen molar-refractivity contribution in [3.05, 3.63) is 72.4 Å². The highest BCUT2D eigenvalue weighted by atomic mass is 16.2. The molecule has 0 radical (unpaired) electrons. The van der Waals surface area contributed by atoms with Gasteiger partial charge in [-0.1, -0.05) is 6.92 Å². The summed E-state index contributed by atoms with van der Waals surface area (Å²) in [7, 11) is 1.78. The standard InChI is InChI=1S/C24H24N6O/c1-4-16-6-8-25-15-20(16)21-10-18-12-23(28-14-19(18)13-27-21)29-22-11-17(7-9-26-22)24(31)30(3)5-2/h6-15H,4-5H2,1-3H3,(H,26,28,29). The van der Waals surface area contributed by atoms with Crippen molar-refractivity contribution in [1.29, 1.82) is 0 Å². The minimum Gasteiger partial charge on any atom is -0.342 e. The summed E-state index contributed by atoms with van der Waals surface area (Å²) in [6.07, 6.45) is 9.79. The van der Waals surface area contributed by atoms with Crippen LogP contribution in [0.1, 0.15) is 29.8 Å². The number of carbonyl (C=O) groups is 1. The number of hydrogen-bond acceptors (Lipinski definition) is 6. The largest absolute Gasteiger partial charge is 0.342 e. The van der Waals surface area contributed by atoms with Gasteiger partial charge in [-0.3, -0.25) is 14.8 Å². The fraction of sp³-hybridized carbons (Fsp3) is 0.208. The van der Waals surface area contributed by atoms with Crippen molar-refractivity contribution in [2.45, 2.75) is 20.3 Å². The third kappa shape index (κ3) is 4.35. The Balaban J connectivity index is 1.64. The molecular weight excluding hydrogens is 388 g/mol. The van der Waals surface area contributed by atoms with Gasteiger partial charge in [0.2, 0.25) is 0 Å². The lowest BCUT2D eigenvalue weighted by molar-refractivity contribution is 0.0802. The smallest absolute Gasteiger partial charge is 0.253 e. The van der Waals surface area contributed by atoms with Crippen LogP contribution in [0.5, 0.6) is 0 Å². The Morgan fingerprint density at radius 2 is 1.74 bits per heavy atom. The first kappa shape index (κ1) is 20.4. The summed E-state index contributed by atoms with van der Waals surface area (Å²) >= 11 is 0. The van der Waals surface area contributed by atoms with Gasteiger partial charge in [-0.15, -0.1) is 0 Å². The van der Waals surface area contributed by atoms with Crippen LogP contribution in [-0.2, 0) is 6.42 Å². The Hall–Kier alpha value is -3.87. The topological polar surface area (TPSA) is 83.9 Å². The quantitative estimate of drug-likeness (QED) is 0.502. The van der Waals surface area contributed by atoms with Crippen molar-refractivity contribution in [1.82, 2.24) is 24.8 Å². The van der Waals surface area contributed by atoms with Crippen molar-refractivity contribution in [2.24, 2.45) is 0 Å². The number of aryl methyl sites for hydroxylation is 1. The summed E-state index contributed by atoms with van der Waals surface area (Å²) in [6, 6.07) is 9.47. The molecule has 4 heterocycles. The molecule has 0 aromatic carbocycles. The lowest BCUT2D eigenvalue weighted by atomic mass is 10.0. The lowest BCUT2D eigenvalue weighted by Crippen LogP contribution is -2.26. The van der Waals surface area contributed by atoms with Gasteiger partial charge in [0.05, 0.1) is 5.69 Å². The molecule has 0 aliphatic rings. The Labute approximate surface area is 181 Å². The predicted octanol–water partition coefficient (Wildman–Crippen LogP) is 4.48. The first-order chi connectivity index (χ1) is 15.1. The van der Waals surface area contributed by atoms with Crippen LogP contribution in [0.2, 0.25) is 0 Å². The molecule has 0 saturated carbocycles. The van der Waals surface area contributed by atoms with Crippen LogP contribution in [0.15, 0.2) is 61.3 Å². The van der Waals surface area contributed by atoms with Gasteiger partial charge in [-0.05, 0) is 54.6 Å². The fourth-order valence-corrected chi connectivity index (χ4v) is 3.34. The molecule has 0 aliphatic carbocycles. The Kier molecular flexibility index (Phi) is 5.84. The number of rotatable bonds is 6. The monoisotopic (exact) mass is 412 g/mol. The van der Waals surface area contributed by atoms with Crippen molar-refractivity contribution in [3.63, 3.8) is 0 Å². The molecule has 4 rings (SSSR count). The first-order valence-electron chi connectivity index (χ1n) is 10.3. The van der Waals surface area contributed by atoms with Crippen LogP contribution < -0.4 is 5.32 Å². The maximum absolute atomic E-state index is 12.4. The fourth-order valence-electron chi connectivity index (χ4n) is 3.34. The number of hydrogen-bond donors (Lipinski definition) is 1. The summed E-state index contributed by atoms with van der Waals surface area (Å²) in [5.41, 5.74) is 3.70. The van der Waals surface area contributed by atoms with Crippen molar-refractivity contribution in [2.75, 3.05) is 18.9 Å². The van der Waals surface area contributed by atoms with Crippen LogP contribution in [-0.4, -0.2) is 44.3 Å². The minimum atomic E-state index is -0.0432. The number of nitrogens with one attached hydrogen (secondary N) is 1. The van der Waals surface area contributed by atoms with Gasteiger partial charge in [0.1, 0.15) is 11.6 Å². The van der Waals surface area contributed by atoms with Gasteiger partial charge in [-0.2, -0.15) is 0 Å². The van der Waals surface area contributed by atoms with E-state index in [1.54, 1.807) is 42.7 Å². The van der Waals surface area contributed by atoms with Gasteiger partial charge in [0, 0.05) is 61.1 Å². The molecule has 31 heavy (non-hydrogen) atoms. The zero-order chi connectivity index (χ0) is 21.8. The minimum absolute atomic E-state index is 0.0432. The number of aromatic nitrogens is 4. The highest BCUT2D eigenvalue weighted by Gasteiger charge is 2.12. The second-order valence-corrected chi connectivity index (χ2v) is 7.25. The van der Waals surface area contributed by atoms with Gasteiger partial charge < -0.3 is 10.2 Å². The van der Waals surface area contributed by atoms with E-state index in [0.29, 0.717) is 23.7 Å². The Bertz CT molecular complexity index is 1240. The van der Waals surface area contributed by atoms with E-state index in [4.69, 9.17) is 0 Å². The second kappa shape index (κ2) is 8.87. The van der Waals surface area contributed by atoms with E-state index in [-0.39, 0.29) is 5.91 Å². The first-order valence-corrected chi connectivity index (χ1v) is 10.3. The van der Waals surface area contributed by atoms with Crippen LogP contribution in [0.25, 0.3) is 22.0 Å². The molecule has 0 unspecified atom stereocenters. The molecule has 1 amide bonds. The van der Waals surface area contributed by atoms with Crippen molar-refractivity contribution >= 4 is 28.3 Å². The lowest BCUT2D eigenvalue weighted by Gasteiger charge is -2.15. The van der Waals surface area contributed by atoms with E-state index in [0.717, 1.165) is 28.5 Å². The van der Waals surface area contributed by atoms with Gasteiger partial charge >= 0.3 is 0 Å². The van der Waals surface area contributed by atoms with Gasteiger partial charge in [-0.25, -0.2) is 9.97 Å². The summed E-state index contributed by atoms with van der Waals surface area (Å²) in [5.74, 6) is 1.17. The molecule has 4 aromatic rings. The van der Waals surface area contributed by atoms with Crippen molar-refractivity contribution in [3.8, 4) is 11.3 Å². The molecule has 7 nitrogen and oxygen atoms in total. The molecule has 0 atom stereocenters. The Morgan fingerprint density at radius 1 is 0.935 bits per heavy atom. The summed E-state index contributed by atoms with van der Waals surface area (Å²) in [5, 5.41) is 5.15. The number of fused-ring (bicyclic) bond motifs is 1. The average Bonchev–Trinajstić information content (AvgIpc) is 2.82. The molecule has 0 saturated heterocycles. The zero-order valence-electron chi connectivity index (χ0n) is 17.8. The Morgan fingerprint density at radius 3 is 2.55 bits per heavy atom. The molecule has 7 heteroatoms. The van der Waals surface area contributed by atoms with E-state index in [1.807, 2.05) is 37.5 Å². The number of pyridine rings is 4. The highest BCUT2D eigenvalue weighted by Crippen LogP contribution is 2.26. The number of anilines is 2. The van der Waals surface area contributed by atoms with Crippen LogP contribution >= 0.6 is 0 Å². The zero-order valence-corrected chi connectivity index (χ0v) is 17.8. The van der Waals surface area contributed by atoms with Crippen molar-refractivity contribution < 1.29 is 4.79 Å². The average molecular weight is 412 g/mol. The van der Waals surface area contributed by atoms with E-state index >= 15 is 0 Å². The van der Waals surface area contributed by atoms with E-state index in [9.17, 15) is 4.79 Å². The number of carbonyl (C=O) groups excluding carboxylic acids is 1. The molecule has 156 valence electrons. The number of amides is 1. The second-order valence-electron chi connectivity index (χ2n) is 7.25.